The van der Waals surface area contributed by atoms with E-state index in [4.69, 9.17) is 0 Å². The van der Waals surface area contributed by atoms with E-state index < -0.39 is 0 Å². The fraction of sp³-hybridized carbons (Fsp3) is 0.714. The monoisotopic (exact) mass is 304 g/mol. The molecule has 1 nitrogen and oxygen atoms in total. The van der Waals surface area contributed by atoms with Crippen LogP contribution < -0.4 is 0 Å². The first-order valence-corrected chi connectivity index (χ1v) is 9.48. The van der Waals surface area contributed by atoms with Crippen LogP contribution in [0.4, 0.5) is 0 Å². The van der Waals surface area contributed by atoms with E-state index in [-0.39, 0.29) is 5.41 Å². The van der Waals surface area contributed by atoms with E-state index in [0.29, 0.717) is 5.75 Å². The maximum Gasteiger partial charge on any atom is 0.119 e. The second-order valence-corrected chi connectivity index (χ2v) is 6.82. The molecule has 0 fully saturated rings. The predicted octanol–water partition coefficient (Wildman–Crippen LogP) is 6.98. The van der Waals surface area contributed by atoms with E-state index in [0.717, 1.165) is 0 Å². The van der Waals surface area contributed by atoms with Crippen LogP contribution in [0, 0.1) is 0 Å². The molecule has 0 heterocycles. The van der Waals surface area contributed by atoms with Gasteiger partial charge in [-0.25, -0.2) is 0 Å². The fourth-order valence-corrected chi connectivity index (χ4v) is 3.90. The first-order valence-electron chi connectivity index (χ1n) is 9.48. The lowest BCUT2D eigenvalue weighted by Crippen LogP contribution is -2.26. The molecule has 0 spiro atoms. The molecule has 0 bridgehead atoms. The van der Waals surface area contributed by atoms with E-state index in [1.54, 1.807) is 0 Å². The Labute approximate surface area is 138 Å². The van der Waals surface area contributed by atoms with E-state index in [2.05, 4.69) is 32.9 Å². The predicted molar refractivity (Wildman–Crippen MR) is 97.6 cm³/mol. The molecule has 0 radical (unpaired) electrons. The maximum atomic E-state index is 10.4. The van der Waals surface area contributed by atoms with Crippen LogP contribution in [-0.2, 0) is 5.41 Å². The van der Waals surface area contributed by atoms with Crippen LogP contribution in [-0.4, -0.2) is 5.11 Å². The highest BCUT2D eigenvalue weighted by molar-refractivity contribution is 5.38. The summed E-state index contributed by atoms with van der Waals surface area (Å²) < 4.78 is 0. The lowest BCUT2D eigenvalue weighted by atomic mass is 9.69. The zero-order valence-electron chi connectivity index (χ0n) is 15.0. The van der Waals surface area contributed by atoms with Crippen LogP contribution in [0.3, 0.4) is 0 Å². The lowest BCUT2D eigenvalue weighted by molar-refractivity contribution is 0.304. The fourth-order valence-electron chi connectivity index (χ4n) is 3.90. The average molecular weight is 305 g/mol. The van der Waals surface area contributed by atoms with Gasteiger partial charge >= 0.3 is 0 Å². The number of aromatic hydroxyl groups is 1. The highest BCUT2D eigenvalue weighted by Gasteiger charge is 2.32. The standard InChI is InChI=1S/C21H36O/c1-4-7-8-9-10-13-18-21(16-5-2,17-6-3)19-14-11-12-15-20(19)22/h11-12,14-15,22H,4-10,13,16-18H2,1-3H3. The minimum absolute atomic E-state index is 0.180. The Morgan fingerprint density at radius 3 is 1.91 bits per heavy atom. The molecule has 0 aliphatic carbocycles. The second-order valence-electron chi connectivity index (χ2n) is 6.82. The summed E-state index contributed by atoms with van der Waals surface area (Å²) in [4.78, 5) is 0. The molecule has 0 aliphatic heterocycles. The van der Waals surface area contributed by atoms with Crippen LogP contribution in [0.2, 0.25) is 0 Å². The second kappa shape index (κ2) is 10.7. The smallest absolute Gasteiger partial charge is 0.119 e. The van der Waals surface area contributed by atoms with Gasteiger partial charge in [-0.3, -0.25) is 0 Å². The van der Waals surface area contributed by atoms with Crippen LogP contribution in [0.5, 0.6) is 5.75 Å². The van der Waals surface area contributed by atoms with Crippen molar-refractivity contribution in [1.29, 1.82) is 0 Å². The summed E-state index contributed by atoms with van der Waals surface area (Å²) in [5, 5.41) is 10.4. The number of para-hydroxylation sites is 1. The van der Waals surface area contributed by atoms with Crippen molar-refractivity contribution in [2.24, 2.45) is 0 Å². The molecule has 0 aromatic heterocycles. The number of benzene rings is 1. The quantitative estimate of drug-likeness (QED) is 0.413. The summed E-state index contributed by atoms with van der Waals surface area (Å²) in [6, 6.07) is 8.02. The van der Waals surface area contributed by atoms with Crippen LogP contribution >= 0.6 is 0 Å². The SMILES string of the molecule is CCCCCCCCC(CCC)(CCC)c1ccccc1O. The Kier molecular flexibility index (Phi) is 9.27. The molecule has 0 unspecified atom stereocenters. The van der Waals surface area contributed by atoms with Gasteiger partial charge in [0.05, 0.1) is 0 Å². The molecule has 126 valence electrons. The van der Waals surface area contributed by atoms with Gasteiger partial charge in [0, 0.05) is 5.56 Å². The lowest BCUT2D eigenvalue weighted by Gasteiger charge is -2.35. The number of hydrogen-bond acceptors (Lipinski definition) is 1. The molecule has 0 aliphatic rings. The molecule has 1 rings (SSSR count). The van der Waals surface area contributed by atoms with E-state index in [9.17, 15) is 5.11 Å². The van der Waals surface area contributed by atoms with Crippen molar-refractivity contribution < 1.29 is 5.11 Å². The summed E-state index contributed by atoms with van der Waals surface area (Å²) in [5.41, 5.74) is 1.37. The third-order valence-electron chi connectivity index (χ3n) is 4.94. The maximum absolute atomic E-state index is 10.4. The Bertz CT molecular complexity index is 391. The first kappa shape index (κ1) is 19.1. The zero-order valence-corrected chi connectivity index (χ0v) is 15.0. The summed E-state index contributed by atoms with van der Waals surface area (Å²) in [6.45, 7) is 6.81. The Morgan fingerprint density at radius 1 is 0.727 bits per heavy atom. The number of phenolic OH excluding ortho intramolecular Hbond substituents is 1. The van der Waals surface area contributed by atoms with Gasteiger partial charge in [-0.2, -0.15) is 0 Å². The largest absolute Gasteiger partial charge is 0.508 e. The van der Waals surface area contributed by atoms with Crippen molar-refractivity contribution in [2.45, 2.75) is 96.8 Å². The number of rotatable bonds is 12. The Morgan fingerprint density at radius 2 is 1.32 bits per heavy atom. The molecular formula is C21H36O. The Balaban J connectivity index is 2.76. The molecule has 1 aromatic carbocycles. The van der Waals surface area contributed by atoms with E-state index in [1.807, 2.05) is 12.1 Å². The van der Waals surface area contributed by atoms with E-state index in [1.165, 1.54) is 76.2 Å². The number of unbranched alkanes of at least 4 members (excludes halogenated alkanes) is 5. The van der Waals surface area contributed by atoms with Gasteiger partial charge in [0.25, 0.3) is 0 Å². The van der Waals surface area contributed by atoms with Gasteiger partial charge in [0.2, 0.25) is 0 Å². The number of hydrogen-bond donors (Lipinski definition) is 1. The molecular weight excluding hydrogens is 268 g/mol. The molecule has 0 amide bonds. The van der Waals surface area contributed by atoms with Gasteiger partial charge in [0.1, 0.15) is 5.75 Å². The topological polar surface area (TPSA) is 20.2 Å². The van der Waals surface area contributed by atoms with Gasteiger partial charge in [-0.15, -0.1) is 0 Å². The van der Waals surface area contributed by atoms with Gasteiger partial charge < -0.3 is 5.11 Å². The van der Waals surface area contributed by atoms with Crippen LogP contribution in [0.1, 0.15) is 97.0 Å². The molecule has 0 atom stereocenters. The normalized spacial score (nSPS) is 11.8. The van der Waals surface area contributed by atoms with Crippen LogP contribution in [0.25, 0.3) is 0 Å². The minimum Gasteiger partial charge on any atom is -0.508 e. The van der Waals surface area contributed by atoms with Gasteiger partial charge in [-0.1, -0.05) is 90.3 Å². The Hall–Kier alpha value is -0.980. The highest BCUT2D eigenvalue weighted by atomic mass is 16.3. The summed E-state index contributed by atoms with van der Waals surface area (Å²) in [5.74, 6) is 0.496. The van der Waals surface area contributed by atoms with Gasteiger partial charge in [-0.05, 0) is 30.7 Å². The third kappa shape index (κ3) is 5.66. The molecule has 22 heavy (non-hydrogen) atoms. The number of phenols is 1. The van der Waals surface area contributed by atoms with Crippen LogP contribution in [0.15, 0.2) is 24.3 Å². The minimum atomic E-state index is 0.180. The molecule has 0 saturated carbocycles. The van der Waals surface area contributed by atoms with Crippen molar-refractivity contribution in [3.63, 3.8) is 0 Å². The highest BCUT2D eigenvalue weighted by Crippen LogP contribution is 2.43. The molecule has 1 aromatic rings. The van der Waals surface area contributed by atoms with Crippen molar-refractivity contribution >= 4 is 0 Å². The van der Waals surface area contributed by atoms with Crippen molar-refractivity contribution in [3.05, 3.63) is 29.8 Å². The van der Waals surface area contributed by atoms with E-state index >= 15 is 0 Å². The zero-order chi connectivity index (χ0) is 16.3. The van der Waals surface area contributed by atoms with Crippen molar-refractivity contribution in [3.8, 4) is 5.75 Å². The first-order chi connectivity index (χ1) is 10.7. The molecule has 1 heteroatoms. The van der Waals surface area contributed by atoms with Crippen molar-refractivity contribution in [2.75, 3.05) is 0 Å². The summed E-state index contributed by atoms with van der Waals surface area (Å²) >= 11 is 0. The summed E-state index contributed by atoms with van der Waals surface area (Å²) in [7, 11) is 0. The third-order valence-corrected chi connectivity index (χ3v) is 4.94. The van der Waals surface area contributed by atoms with Gasteiger partial charge in [0.15, 0.2) is 0 Å². The average Bonchev–Trinajstić information content (AvgIpc) is 2.51. The summed E-state index contributed by atoms with van der Waals surface area (Å²) in [6.07, 6.45) is 14.0. The van der Waals surface area contributed by atoms with Crippen molar-refractivity contribution in [1.82, 2.24) is 0 Å². The molecule has 1 N–H and O–H groups in total. The molecule has 0 saturated heterocycles.